The van der Waals surface area contributed by atoms with Gasteiger partial charge in [-0.2, -0.15) is 5.26 Å². The highest BCUT2D eigenvalue weighted by molar-refractivity contribution is 6.33. The maximum atomic E-state index is 11.4. The molecule has 0 atom stereocenters. The van der Waals surface area contributed by atoms with E-state index in [1.807, 2.05) is 6.07 Å². The van der Waals surface area contributed by atoms with E-state index in [4.69, 9.17) is 16.9 Å². The Kier molecular flexibility index (Phi) is 4.44. The molecule has 0 aliphatic heterocycles. The first kappa shape index (κ1) is 15.5. The molecule has 2 rings (SSSR count). The molecule has 2 aromatic rings. The molecule has 0 amide bonds. The van der Waals surface area contributed by atoms with Gasteiger partial charge in [0, 0.05) is 17.8 Å². The molecule has 0 unspecified atom stereocenters. The fraction of sp³-hybridized carbons (Fsp3) is 0.143. The monoisotopic (exact) mass is 319 g/mol. The number of carbonyl (C=O) groups excluding carboxylic acids is 1. The third kappa shape index (κ3) is 2.92. The first-order valence-corrected chi connectivity index (χ1v) is 6.47. The summed E-state index contributed by atoms with van der Waals surface area (Å²) in [6.45, 7) is 0. The molecule has 1 aromatic heterocycles. The van der Waals surface area contributed by atoms with Crippen molar-refractivity contribution in [2.45, 2.75) is 6.42 Å². The highest BCUT2D eigenvalue weighted by atomic mass is 35.5. The summed E-state index contributed by atoms with van der Waals surface area (Å²) >= 11 is 5.90. The third-order valence-electron chi connectivity index (χ3n) is 3.07. The van der Waals surface area contributed by atoms with Crippen molar-refractivity contribution in [1.82, 2.24) is 4.98 Å². The van der Waals surface area contributed by atoms with Crippen LogP contribution in [0.5, 0.6) is 0 Å². The van der Waals surface area contributed by atoms with Gasteiger partial charge in [0.2, 0.25) is 0 Å². The second kappa shape index (κ2) is 6.28. The number of ether oxygens (including phenoxy) is 1. The van der Waals surface area contributed by atoms with Gasteiger partial charge in [0.25, 0.3) is 5.69 Å². The van der Waals surface area contributed by atoms with Crippen molar-refractivity contribution in [1.29, 1.82) is 5.26 Å². The predicted molar refractivity (Wildman–Crippen MR) is 78.3 cm³/mol. The highest BCUT2D eigenvalue weighted by Gasteiger charge is 2.19. The average molecular weight is 320 g/mol. The molecular formula is C14H10ClN3O4. The number of methoxy groups -OCH3 is 1. The van der Waals surface area contributed by atoms with Crippen LogP contribution < -0.4 is 0 Å². The number of nitrogens with zero attached hydrogens (tertiary/aromatic N) is 2. The molecule has 7 nitrogen and oxygen atoms in total. The lowest BCUT2D eigenvalue weighted by Crippen LogP contribution is -2.04. The van der Waals surface area contributed by atoms with Crippen LogP contribution in [0, 0.1) is 21.4 Å². The zero-order valence-electron chi connectivity index (χ0n) is 11.4. The number of hydrogen-bond donors (Lipinski definition) is 1. The molecule has 0 bridgehead atoms. The minimum absolute atomic E-state index is 0.0291. The van der Waals surface area contributed by atoms with Gasteiger partial charge >= 0.3 is 5.97 Å². The normalized spacial score (nSPS) is 10.0. The van der Waals surface area contributed by atoms with Gasteiger partial charge in [-0.25, -0.2) is 0 Å². The van der Waals surface area contributed by atoms with Gasteiger partial charge in [0.05, 0.1) is 18.5 Å². The van der Waals surface area contributed by atoms with Crippen LogP contribution in [0.4, 0.5) is 5.69 Å². The van der Waals surface area contributed by atoms with Gasteiger partial charge in [-0.15, -0.1) is 0 Å². The van der Waals surface area contributed by atoms with E-state index in [0.717, 1.165) is 0 Å². The molecule has 1 aromatic carbocycles. The second-order valence-corrected chi connectivity index (χ2v) is 4.76. The lowest BCUT2D eigenvalue weighted by Gasteiger charge is -2.05. The standard InChI is InChI=1S/C14H10ClN3O4/c1-22-13(19)5-9-7-17-11(6-16)14(9)8-2-3-12(18(20)21)10(15)4-8/h2-4,7,17H,5H2,1H3. The smallest absolute Gasteiger partial charge is 0.310 e. The minimum Gasteiger partial charge on any atom is -0.469 e. The number of rotatable bonds is 4. The Bertz CT molecular complexity index is 792. The summed E-state index contributed by atoms with van der Waals surface area (Å²) in [5.74, 6) is -0.460. The Labute approximate surface area is 130 Å². The molecule has 0 radical (unpaired) electrons. The molecule has 1 N–H and O–H groups in total. The molecule has 8 heteroatoms. The molecule has 1 heterocycles. The average Bonchev–Trinajstić information content (AvgIpc) is 2.89. The summed E-state index contributed by atoms with van der Waals surface area (Å²) in [7, 11) is 1.27. The van der Waals surface area contributed by atoms with Crippen molar-refractivity contribution in [2.75, 3.05) is 7.11 Å². The molecule has 0 aliphatic rings. The van der Waals surface area contributed by atoms with Crippen LogP contribution in [0.1, 0.15) is 11.3 Å². The van der Waals surface area contributed by atoms with Crippen molar-refractivity contribution >= 4 is 23.3 Å². The van der Waals surface area contributed by atoms with Crippen LogP contribution in [0.3, 0.4) is 0 Å². The quantitative estimate of drug-likeness (QED) is 0.529. The summed E-state index contributed by atoms with van der Waals surface area (Å²) in [6.07, 6.45) is 1.50. The fourth-order valence-corrected chi connectivity index (χ4v) is 2.31. The van der Waals surface area contributed by atoms with Gasteiger partial charge in [0.1, 0.15) is 16.8 Å². The molecule has 22 heavy (non-hydrogen) atoms. The van der Waals surface area contributed by atoms with Crippen molar-refractivity contribution in [3.63, 3.8) is 0 Å². The van der Waals surface area contributed by atoms with Crippen LogP contribution in [0.25, 0.3) is 11.1 Å². The largest absolute Gasteiger partial charge is 0.469 e. The maximum Gasteiger partial charge on any atom is 0.310 e. The fourth-order valence-electron chi connectivity index (χ4n) is 2.06. The number of nitro groups is 1. The SMILES string of the molecule is COC(=O)Cc1c[nH]c(C#N)c1-c1ccc([N+](=O)[O-])c(Cl)c1. The molecule has 0 fully saturated rings. The summed E-state index contributed by atoms with van der Waals surface area (Å²) in [5.41, 5.74) is 1.54. The number of esters is 1. The summed E-state index contributed by atoms with van der Waals surface area (Å²) < 4.78 is 4.61. The molecule has 0 aliphatic carbocycles. The van der Waals surface area contributed by atoms with Gasteiger partial charge < -0.3 is 9.72 Å². The van der Waals surface area contributed by atoms with E-state index in [1.54, 1.807) is 0 Å². The number of halogens is 1. The number of nitro benzene ring substituents is 1. The van der Waals surface area contributed by atoms with E-state index in [-0.39, 0.29) is 22.8 Å². The molecule has 0 saturated heterocycles. The number of aromatic amines is 1. The van der Waals surface area contributed by atoms with E-state index in [1.165, 1.54) is 31.5 Å². The van der Waals surface area contributed by atoms with Crippen LogP contribution in [-0.2, 0) is 16.0 Å². The number of benzene rings is 1. The lowest BCUT2D eigenvalue weighted by molar-refractivity contribution is -0.384. The van der Waals surface area contributed by atoms with E-state index in [0.29, 0.717) is 16.7 Å². The van der Waals surface area contributed by atoms with Gasteiger partial charge in [-0.1, -0.05) is 11.6 Å². The number of nitriles is 1. The Morgan fingerprint density at radius 2 is 2.27 bits per heavy atom. The molecular weight excluding hydrogens is 310 g/mol. The van der Waals surface area contributed by atoms with E-state index >= 15 is 0 Å². The van der Waals surface area contributed by atoms with Gasteiger partial charge in [-0.05, 0) is 23.3 Å². The van der Waals surface area contributed by atoms with Crippen molar-refractivity contribution in [3.05, 3.63) is 50.8 Å². The summed E-state index contributed by atoms with van der Waals surface area (Å²) in [4.78, 5) is 24.4. The Morgan fingerprint density at radius 3 is 2.82 bits per heavy atom. The van der Waals surface area contributed by atoms with Crippen LogP contribution in [0.2, 0.25) is 5.02 Å². The molecule has 112 valence electrons. The zero-order chi connectivity index (χ0) is 16.3. The molecule has 0 spiro atoms. The summed E-state index contributed by atoms with van der Waals surface area (Å²) in [6, 6.07) is 6.11. The number of H-pyrrole nitrogens is 1. The highest BCUT2D eigenvalue weighted by Crippen LogP contribution is 2.33. The minimum atomic E-state index is -0.593. The zero-order valence-corrected chi connectivity index (χ0v) is 12.2. The second-order valence-electron chi connectivity index (χ2n) is 4.35. The lowest BCUT2D eigenvalue weighted by atomic mass is 9.99. The number of aromatic nitrogens is 1. The Hall–Kier alpha value is -2.85. The molecule has 0 saturated carbocycles. The topological polar surface area (TPSA) is 109 Å². The van der Waals surface area contributed by atoms with Gasteiger partial charge in [0.15, 0.2) is 0 Å². The third-order valence-corrected chi connectivity index (χ3v) is 3.37. The Morgan fingerprint density at radius 1 is 1.55 bits per heavy atom. The Balaban J connectivity index is 2.54. The number of hydrogen-bond acceptors (Lipinski definition) is 5. The van der Waals surface area contributed by atoms with E-state index in [9.17, 15) is 14.9 Å². The van der Waals surface area contributed by atoms with Crippen LogP contribution in [0.15, 0.2) is 24.4 Å². The van der Waals surface area contributed by atoms with Gasteiger partial charge in [-0.3, -0.25) is 14.9 Å². The number of carbonyl (C=O) groups is 1. The number of nitrogens with one attached hydrogen (secondary N) is 1. The first-order chi connectivity index (χ1) is 10.5. The predicted octanol–water partition coefficient (Wildman–Crippen LogP) is 2.83. The van der Waals surface area contributed by atoms with Crippen LogP contribution >= 0.6 is 11.6 Å². The van der Waals surface area contributed by atoms with Crippen LogP contribution in [-0.4, -0.2) is 23.0 Å². The maximum absolute atomic E-state index is 11.4. The van der Waals surface area contributed by atoms with Crippen molar-refractivity contribution in [3.8, 4) is 17.2 Å². The van der Waals surface area contributed by atoms with E-state index in [2.05, 4.69) is 9.72 Å². The van der Waals surface area contributed by atoms with Crippen molar-refractivity contribution < 1.29 is 14.5 Å². The first-order valence-electron chi connectivity index (χ1n) is 6.09. The van der Waals surface area contributed by atoms with E-state index < -0.39 is 10.9 Å². The summed E-state index contributed by atoms with van der Waals surface area (Å²) in [5, 5.41) is 19.9. The van der Waals surface area contributed by atoms with Crippen molar-refractivity contribution in [2.24, 2.45) is 0 Å².